The molecule has 0 bridgehead atoms. The van der Waals surface area contributed by atoms with Crippen molar-refractivity contribution in [2.75, 3.05) is 12.3 Å². The van der Waals surface area contributed by atoms with Gasteiger partial charge in [-0.3, -0.25) is 0 Å². The third kappa shape index (κ3) is 3.59. The van der Waals surface area contributed by atoms with Gasteiger partial charge in [0, 0.05) is 12.6 Å². The molecule has 1 aliphatic heterocycles. The summed E-state index contributed by atoms with van der Waals surface area (Å²) in [4.78, 5) is 0. The molecule has 3 unspecified atom stereocenters. The van der Waals surface area contributed by atoms with Gasteiger partial charge in [-0.2, -0.15) is 0 Å². The van der Waals surface area contributed by atoms with Crippen LogP contribution in [-0.4, -0.2) is 32.0 Å². The molecule has 0 aromatic carbocycles. The fraction of sp³-hybridized carbons (Fsp3) is 0.833. The molecule has 3 nitrogen and oxygen atoms in total. The average Bonchev–Trinajstić information content (AvgIpc) is 2.54. The third-order valence-electron chi connectivity index (χ3n) is 3.52. The van der Waals surface area contributed by atoms with Crippen LogP contribution in [0.25, 0.3) is 0 Å². The number of allylic oxidation sites excluding steroid dienone is 1. The molecular weight excluding hydrogens is 222 g/mol. The van der Waals surface area contributed by atoms with Gasteiger partial charge in [0.25, 0.3) is 0 Å². The number of rotatable bonds is 6. The summed E-state index contributed by atoms with van der Waals surface area (Å²) < 4.78 is 23.2. The van der Waals surface area contributed by atoms with Gasteiger partial charge < -0.3 is 5.32 Å². The van der Waals surface area contributed by atoms with Crippen molar-refractivity contribution in [2.45, 2.75) is 44.4 Å². The summed E-state index contributed by atoms with van der Waals surface area (Å²) in [5.74, 6) is 0.872. The summed E-state index contributed by atoms with van der Waals surface area (Å²) in [5, 5.41) is 3.18. The van der Waals surface area contributed by atoms with E-state index in [0.717, 1.165) is 19.3 Å². The van der Waals surface area contributed by atoms with Crippen molar-refractivity contribution in [3.8, 4) is 0 Å². The van der Waals surface area contributed by atoms with Gasteiger partial charge in [-0.1, -0.05) is 13.0 Å². The van der Waals surface area contributed by atoms with Gasteiger partial charge in [0.1, 0.15) is 0 Å². The Kier molecular flexibility index (Phi) is 4.99. The second-order valence-electron chi connectivity index (χ2n) is 4.83. The largest absolute Gasteiger partial charge is 0.313 e. The van der Waals surface area contributed by atoms with E-state index in [1.807, 2.05) is 6.08 Å². The van der Waals surface area contributed by atoms with E-state index in [0.29, 0.717) is 24.3 Å². The number of hydrogen-bond donors (Lipinski definition) is 1. The zero-order chi connectivity index (χ0) is 12.2. The Morgan fingerprint density at radius 2 is 2.19 bits per heavy atom. The van der Waals surface area contributed by atoms with Crippen LogP contribution in [0.4, 0.5) is 0 Å². The molecule has 1 aliphatic rings. The first-order chi connectivity index (χ1) is 7.47. The van der Waals surface area contributed by atoms with Crippen molar-refractivity contribution >= 4 is 9.84 Å². The Hall–Kier alpha value is -0.350. The van der Waals surface area contributed by atoms with Crippen LogP contribution in [0.5, 0.6) is 0 Å². The first-order valence-corrected chi connectivity index (χ1v) is 7.74. The van der Waals surface area contributed by atoms with Crippen LogP contribution in [0.1, 0.15) is 33.1 Å². The Morgan fingerprint density at radius 1 is 1.50 bits per heavy atom. The molecule has 16 heavy (non-hydrogen) atoms. The molecule has 0 aromatic heterocycles. The molecule has 4 heteroatoms. The highest BCUT2D eigenvalue weighted by molar-refractivity contribution is 7.92. The molecule has 0 amide bonds. The summed E-state index contributed by atoms with van der Waals surface area (Å²) in [6.45, 7) is 8.58. The normalized spacial score (nSPS) is 27.5. The van der Waals surface area contributed by atoms with Crippen molar-refractivity contribution in [3.05, 3.63) is 12.7 Å². The summed E-state index contributed by atoms with van der Waals surface area (Å²) in [7, 11) is -2.80. The molecule has 1 N–H and O–H groups in total. The summed E-state index contributed by atoms with van der Waals surface area (Å²) in [6.07, 6.45) is 4.52. The molecule has 1 heterocycles. The maximum absolute atomic E-state index is 11.6. The van der Waals surface area contributed by atoms with E-state index in [-0.39, 0.29) is 5.25 Å². The SMILES string of the molecule is C=CCC(C)C(C)NCC1CCCS1(=O)=O. The number of nitrogens with one attached hydrogen (secondary N) is 1. The molecule has 3 atom stereocenters. The van der Waals surface area contributed by atoms with Crippen molar-refractivity contribution in [1.82, 2.24) is 5.32 Å². The van der Waals surface area contributed by atoms with Gasteiger partial charge in [0.05, 0.1) is 11.0 Å². The lowest BCUT2D eigenvalue weighted by Crippen LogP contribution is -2.39. The molecule has 1 fully saturated rings. The molecule has 0 radical (unpaired) electrons. The highest BCUT2D eigenvalue weighted by Gasteiger charge is 2.31. The maximum Gasteiger partial charge on any atom is 0.154 e. The van der Waals surface area contributed by atoms with Crippen LogP contribution in [0.2, 0.25) is 0 Å². The summed E-state index contributed by atoms with van der Waals surface area (Å²) in [6, 6.07) is 0.341. The predicted octanol–water partition coefficient (Wildman–Crippen LogP) is 1.75. The quantitative estimate of drug-likeness (QED) is 0.725. The van der Waals surface area contributed by atoms with Gasteiger partial charge in [-0.15, -0.1) is 6.58 Å². The van der Waals surface area contributed by atoms with Gasteiger partial charge in [0.2, 0.25) is 0 Å². The summed E-state index contributed by atoms with van der Waals surface area (Å²) in [5.41, 5.74) is 0. The maximum atomic E-state index is 11.6. The lowest BCUT2D eigenvalue weighted by Gasteiger charge is -2.21. The molecule has 94 valence electrons. The summed E-state index contributed by atoms with van der Waals surface area (Å²) >= 11 is 0. The minimum Gasteiger partial charge on any atom is -0.313 e. The zero-order valence-electron chi connectivity index (χ0n) is 10.3. The lowest BCUT2D eigenvalue weighted by atomic mass is 10.00. The van der Waals surface area contributed by atoms with E-state index < -0.39 is 9.84 Å². The monoisotopic (exact) mass is 245 g/mol. The van der Waals surface area contributed by atoms with E-state index in [1.54, 1.807) is 0 Å². The van der Waals surface area contributed by atoms with Gasteiger partial charge >= 0.3 is 0 Å². The van der Waals surface area contributed by atoms with Crippen molar-refractivity contribution in [1.29, 1.82) is 0 Å². The number of hydrogen-bond acceptors (Lipinski definition) is 3. The topological polar surface area (TPSA) is 46.2 Å². The van der Waals surface area contributed by atoms with E-state index in [9.17, 15) is 8.42 Å². The van der Waals surface area contributed by atoms with Crippen LogP contribution in [0.15, 0.2) is 12.7 Å². The minimum atomic E-state index is -2.80. The fourth-order valence-corrected chi connectivity index (χ4v) is 3.85. The van der Waals surface area contributed by atoms with Crippen LogP contribution < -0.4 is 5.32 Å². The van der Waals surface area contributed by atoms with E-state index in [2.05, 4.69) is 25.7 Å². The number of sulfone groups is 1. The Balaban J connectivity index is 2.37. The highest BCUT2D eigenvalue weighted by atomic mass is 32.2. The van der Waals surface area contributed by atoms with E-state index >= 15 is 0 Å². The predicted molar refractivity (Wildman–Crippen MR) is 68.3 cm³/mol. The Morgan fingerprint density at radius 3 is 2.69 bits per heavy atom. The van der Waals surface area contributed by atoms with E-state index in [1.165, 1.54) is 0 Å². The Bertz CT molecular complexity index is 324. The van der Waals surface area contributed by atoms with Crippen molar-refractivity contribution in [2.24, 2.45) is 5.92 Å². The Labute approximate surface area is 99.2 Å². The van der Waals surface area contributed by atoms with Crippen molar-refractivity contribution in [3.63, 3.8) is 0 Å². The van der Waals surface area contributed by atoms with Crippen LogP contribution in [0.3, 0.4) is 0 Å². The lowest BCUT2D eigenvalue weighted by molar-refractivity contribution is 0.400. The van der Waals surface area contributed by atoms with Gasteiger partial charge in [-0.05, 0) is 32.1 Å². The minimum absolute atomic E-state index is 0.161. The molecule has 0 aliphatic carbocycles. The van der Waals surface area contributed by atoms with Crippen LogP contribution in [-0.2, 0) is 9.84 Å². The molecule has 0 spiro atoms. The first-order valence-electron chi connectivity index (χ1n) is 6.03. The second kappa shape index (κ2) is 5.82. The van der Waals surface area contributed by atoms with Crippen LogP contribution in [0, 0.1) is 5.92 Å². The van der Waals surface area contributed by atoms with E-state index in [4.69, 9.17) is 0 Å². The molecule has 1 rings (SSSR count). The average molecular weight is 245 g/mol. The standard InChI is InChI=1S/C12H23NO2S/c1-4-6-10(2)11(3)13-9-12-7-5-8-16(12,14)15/h4,10-13H,1,5-9H2,2-3H3. The van der Waals surface area contributed by atoms with Crippen molar-refractivity contribution < 1.29 is 8.42 Å². The second-order valence-corrected chi connectivity index (χ2v) is 7.23. The fourth-order valence-electron chi connectivity index (χ4n) is 2.07. The van der Waals surface area contributed by atoms with Gasteiger partial charge in [0.15, 0.2) is 9.84 Å². The molecule has 0 aromatic rings. The molecule has 0 saturated carbocycles. The van der Waals surface area contributed by atoms with Crippen LogP contribution >= 0.6 is 0 Å². The third-order valence-corrected chi connectivity index (χ3v) is 5.80. The smallest absolute Gasteiger partial charge is 0.154 e. The molecular formula is C12H23NO2S. The highest BCUT2D eigenvalue weighted by Crippen LogP contribution is 2.19. The molecule has 1 saturated heterocycles. The first kappa shape index (κ1) is 13.7. The zero-order valence-corrected chi connectivity index (χ0v) is 11.1. The van der Waals surface area contributed by atoms with Gasteiger partial charge in [-0.25, -0.2) is 8.42 Å².